The van der Waals surface area contributed by atoms with E-state index in [9.17, 15) is 4.79 Å². The maximum atomic E-state index is 11.1. The lowest BCUT2D eigenvalue weighted by Crippen LogP contribution is -2.20. The number of methoxy groups -OCH3 is 1. The summed E-state index contributed by atoms with van der Waals surface area (Å²) in [5, 5.41) is 0. The molecular weight excluding hydrogens is 164 g/mol. The van der Waals surface area contributed by atoms with Crippen molar-refractivity contribution in [3.05, 3.63) is 11.6 Å². The SMILES string of the molecule is COC(=O)/C=C1/CCCCC1(C)C. The highest BCUT2D eigenvalue weighted by atomic mass is 16.5. The van der Waals surface area contributed by atoms with Gasteiger partial charge in [-0.2, -0.15) is 0 Å². The highest BCUT2D eigenvalue weighted by molar-refractivity contribution is 5.82. The Bertz CT molecular complexity index is 226. The molecule has 0 aliphatic heterocycles. The van der Waals surface area contributed by atoms with Crippen LogP contribution in [0.3, 0.4) is 0 Å². The van der Waals surface area contributed by atoms with Crippen LogP contribution in [0, 0.1) is 5.41 Å². The Hall–Kier alpha value is -0.790. The minimum absolute atomic E-state index is 0.187. The molecule has 1 rings (SSSR count). The minimum atomic E-state index is -0.218. The Morgan fingerprint density at radius 2 is 2.15 bits per heavy atom. The summed E-state index contributed by atoms with van der Waals surface area (Å²) < 4.78 is 4.63. The standard InChI is InChI=1S/C11H18O2/c1-11(2)7-5-4-6-9(11)8-10(12)13-3/h8H,4-7H2,1-3H3/b9-8-. The summed E-state index contributed by atoms with van der Waals surface area (Å²) in [6, 6.07) is 0. The zero-order valence-electron chi connectivity index (χ0n) is 8.72. The van der Waals surface area contributed by atoms with E-state index in [4.69, 9.17) is 0 Å². The Morgan fingerprint density at radius 3 is 2.69 bits per heavy atom. The zero-order valence-corrected chi connectivity index (χ0v) is 8.72. The maximum absolute atomic E-state index is 11.1. The van der Waals surface area contributed by atoms with Gasteiger partial charge >= 0.3 is 5.97 Å². The minimum Gasteiger partial charge on any atom is -0.466 e. The van der Waals surface area contributed by atoms with Crippen molar-refractivity contribution in [2.24, 2.45) is 5.41 Å². The predicted molar refractivity (Wildman–Crippen MR) is 52.3 cm³/mol. The summed E-state index contributed by atoms with van der Waals surface area (Å²) in [5.41, 5.74) is 1.43. The van der Waals surface area contributed by atoms with Gasteiger partial charge in [0.05, 0.1) is 7.11 Å². The van der Waals surface area contributed by atoms with E-state index in [-0.39, 0.29) is 11.4 Å². The fourth-order valence-electron chi connectivity index (χ4n) is 1.85. The van der Waals surface area contributed by atoms with Gasteiger partial charge in [0.15, 0.2) is 0 Å². The van der Waals surface area contributed by atoms with E-state index in [0.717, 1.165) is 6.42 Å². The highest BCUT2D eigenvalue weighted by Gasteiger charge is 2.26. The number of esters is 1. The van der Waals surface area contributed by atoms with E-state index in [1.54, 1.807) is 6.08 Å². The molecule has 0 aromatic heterocycles. The number of carbonyl (C=O) groups is 1. The summed E-state index contributed by atoms with van der Waals surface area (Å²) in [6.07, 6.45) is 6.36. The second kappa shape index (κ2) is 3.95. The van der Waals surface area contributed by atoms with Gasteiger partial charge in [-0.3, -0.25) is 0 Å². The quantitative estimate of drug-likeness (QED) is 0.460. The van der Waals surface area contributed by atoms with Gasteiger partial charge in [-0.25, -0.2) is 4.79 Å². The van der Waals surface area contributed by atoms with Crippen molar-refractivity contribution in [2.45, 2.75) is 39.5 Å². The molecule has 0 unspecified atom stereocenters. The first-order chi connectivity index (χ1) is 6.06. The lowest BCUT2D eigenvalue weighted by atomic mass is 9.73. The summed E-state index contributed by atoms with van der Waals surface area (Å²) >= 11 is 0. The summed E-state index contributed by atoms with van der Waals surface area (Å²) in [6.45, 7) is 4.39. The number of rotatable bonds is 1. The molecule has 0 N–H and O–H groups in total. The van der Waals surface area contributed by atoms with Crippen molar-refractivity contribution in [2.75, 3.05) is 7.11 Å². The molecule has 0 spiro atoms. The van der Waals surface area contributed by atoms with Crippen LogP contribution in [0.15, 0.2) is 11.6 Å². The van der Waals surface area contributed by atoms with Crippen LogP contribution in [-0.2, 0) is 9.53 Å². The topological polar surface area (TPSA) is 26.3 Å². The molecule has 0 aromatic carbocycles. The second-order valence-corrected chi connectivity index (χ2v) is 4.28. The summed E-state index contributed by atoms with van der Waals surface area (Å²) in [7, 11) is 1.43. The maximum Gasteiger partial charge on any atom is 0.330 e. The molecule has 74 valence electrons. The second-order valence-electron chi connectivity index (χ2n) is 4.28. The first kappa shape index (κ1) is 10.3. The molecule has 0 aromatic rings. The number of ether oxygens (including phenoxy) is 1. The predicted octanol–water partition coefficient (Wildman–Crippen LogP) is 2.69. The Morgan fingerprint density at radius 1 is 1.46 bits per heavy atom. The number of allylic oxidation sites excluding steroid dienone is 1. The molecule has 13 heavy (non-hydrogen) atoms. The van der Waals surface area contributed by atoms with E-state index >= 15 is 0 Å². The van der Waals surface area contributed by atoms with Crippen molar-refractivity contribution < 1.29 is 9.53 Å². The first-order valence-corrected chi connectivity index (χ1v) is 4.85. The van der Waals surface area contributed by atoms with Gasteiger partial charge in [-0.05, 0) is 24.7 Å². The molecule has 1 saturated carbocycles. The lowest BCUT2D eigenvalue weighted by molar-refractivity contribution is -0.135. The van der Waals surface area contributed by atoms with E-state index in [1.165, 1.54) is 31.9 Å². The number of hydrogen-bond acceptors (Lipinski definition) is 2. The van der Waals surface area contributed by atoms with Crippen molar-refractivity contribution in [1.82, 2.24) is 0 Å². The molecule has 1 aliphatic rings. The molecule has 0 amide bonds. The molecular formula is C11H18O2. The van der Waals surface area contributed by atoms with Gasteiger partial charge in [-0.15, -0.1) is 0 Å². The largest absolute Gasteiger partial charge is 0.466 e. The van der Waals surface area contributed by atoms with Gasteiger partial charge in [0.1, 0.15) is 0 Å². The van der Waals surface area contributed by atoms with Crippen LogP contribution in [0.1, 0.15) is 39.5 Å². The van der Waals surface area contributed by atoms with Crippen LogP contribution in [0.2, 0.25) is 0 Å². The average Bonchev–Trinajstić information content (AvgIpc) is 2.08. The summed E-state index contributed by atoms with van der Waals surface area (Å²) in [4.78, 5) is 11.1. The Balaban J connectivity index is 2.76. The zero-order chi connectivity index (χ0) is 9.90. The molecule has 0 bridgehead atoms. The average molecular weight is 182 g/mol. The molecule has 0 saturated heterocycles. The van der Waals surface area contributed by atoms with Crippen molar-refractivity contribution in [3.63, 3.8) is 0 Å². The van der Waals surface area contributed by atoms with Crippen LogP contribution < -0.4 is 0 Å². The third-order valence-electron chi connectivity index (χ3n) is 2.86. The number of hydrogen-bond donors (Lipinski definition) is 0. The van der Waals surface area contributed by atoms with Gasteiger partial charge in [0.2, 0.25) is 0 Å². The van der Waals surface area contributed by atoms with Crippen molar-refractivity contribution in [1.29, 1.82) is 0 Å². The van der Waals surface area contributed by atoms with Gasteiger partial charge < -0.3 is 4.74 Å². The van der Waals surface area contributed by atoms with E-state index in [0.29, 0.717) is 0 Å². The van der Waals surface area contributed by atoms with E-state index in [1.807, 2.05) is 0 Å². The molecule has 1 aliphatic carbocycles. The smallest absolute Gasteiger partial charge is 0.330 e. The van der Waals surface area contributed by atoms with Crippen LogP contribution in [0.4, 0.5) is 0 Å². The summed E-state index contributed by atoms with van der Waals surface area (Å²) in [5.74, 6) is -0.218. The molecule has 0 radical (unpaired) electrons. The van der Waals surface area contributed by atoms with Crippen LogP contribution in [-0.4, -0.2) is 13.1 Å². The normalized spacial score (nSPS) is 24.4. The Labute approximate surface area is 80.0 Å². The number of carbonyl (C=O) groups excluding carboxylic acids is 1. The fraction of sp³-hybridized carbons (Fsp3) is 0.727. The molecule has 2 heteroatoms. The molecule has 2 nitrogen and oxygen atoms in total. The van der Waals surface area contributed by atoms with Crippen LogP contribution in [0.5, 0.6) is 0 Å². The van der Waals surface area contributed by atoms with E-state index < -0.39 is 0 Å². The lowest BCUT2D eigenvalue weighted by Gasteiger charge is -2.32. The van der Waals surface area contributed by atoms with Gasteiger partial charge in [0, 0.05) is 6.08 Å². The van der Waals surface area contributed by atoms with Crippen LogP contribution in [0.25, 0.3) is 0 Å². The third-order valence-corrected chi connectivity index (χ3v) is 2.86. The Kier molecular flexibility index (Phi) is 3.12. The van der Waals surface area contributed by atoms with Gasteiger partial charge in [-0.1, -0.05) is 25.8 Å². The van der Waals surface area contributed by atoms with E-state index in [2.05, 4.69) is 18.6 Å². The van der Waals surface area contributed by atoms with Crippen LogP contribution >= 0.6 is 0 Å². The molecule has 0 atom stereocenters. The molecule has 1 fully saturated rings. The molecule has 0 heterocycles. The van der Waals surface area contributed by atoms with Crippen molar-refractivity contribution in [3.8, 4) is 0 Å². The van der Waals surface area contributed by atoms with Crippen molar-refractivity contribution >= 4 is 5.97 Å². The van der Waals surface area contributed by atoms with Gasteiger partial charge in [0.25, 0.3) is 0 Å². The third kappa shape index (κ3) is 2.58. The fourth-order valence-corrected chi connectivity index (χ4v) is 1.85. The monoisotopic (exact) mass is 182 g/mol. The highest BCUT2D eigenvalue weighted by Crippen LogP contribution is 2.39. The first-order valence-electron chi connectivity index (χ1n) is 4.85.